The van der Waals surface area contributed by atoms with Crippen molar-refractivity contribution in [2.24, 2.45) is 22.4 Å². The third kappa shape index (κ3) is 6.82. The molecule has 3 atom stereocenters. The summed E-state index contributed by atoms with van der Waals surface area (Å²) in [4.78, 5) is 40.4. The molecule has 0 aromatic carbocycles. The summed E-state index contributed by atoms with van der Waals surface area (Å²) in [5, 5.41) is 7.85. The van der Waals surface area contributed by atoms with Crippen LogP contribution in [0.5, 0.6) is 0 Å². The molecule has 1 aliphatic rings. The summed E-state index contributed by atoms with van der Waals surface area (Å²) < 4.78 is 5.08. The van der Waals surface area contributed by atoms with Crippen LogP contribution in [0.4, 0.5) is 0 Å². The van der Waals surface area contributed by atoms with E-state index in [2.05, 4.69) is 4.99 Å². The molecule has 0 saturated carbocycles. The number of amides is 1. The van der Waals surface area contributed by atoms with Gasteiger partial charge >= 0.3 is 11.0 Å². The van der Waals surface area contributed by atoms with E-state index in [-0.39, 0.29) is 25.0 Å². The fraction of sp³-hybridized carbons (Fsp3) is 0.800. The van der Waals surface area contributed by atoms with Crippen LogP contribution in [0.2, 0.25) is 0 Å². The minimum Gasteiger partial charge on any atom is -0.464 e. The first-order valence-electron chi connectivity index (χ1n) is 8.71. The SMILES string of the molecule is CCOC(=O)[C@H]1C[C@H](C)CCN1C(=O)[C@@H](N)CCCN=C(N)N[N+](=O)O. The second kappa shape index (κ2) is 10.5. The van der Waals surface area contributed by atoms with Crippen LogP contribution < -0.4 is 16.9 Å². The van der Waals surface area contributed by atoms with Gasteiger partial charge in [-0.15, -0.1) is 0 Å². The van der Waals surface area contributed by atoms with Gasteiger partial charge in [0.1, 0.15) is 10.9 Å². The van der Waals surface area contributed by atoms with Crippen molar-refractivity contribution >= 4 is 17.8 Å². The van der Waals surface area contributed by atoms with Gasteiger partial charge < -0.3 is 21.1 Å². The summed E-state index contributed by atoms with van der Waals surface area (Å²) in [6.07, 6.45) is 2.18. The van der Waals surface area contributed by atoms with Gasteiger partial charge in [-0.05, 0) is 44.0 Å². The highest BCUT2D eigenvalue weighted by Gasteiger charge is 2.37. The zero-order valence-corrected chi connectivity index (χ0v) is 15.3. The van der Waals surface area contributed by atoms with Gasteiger partial charge in [-0.25, -0.2) is 15.0 Å². The second-order valence-corrected chi connectivity index (χ2v) is 6.33. The van der Waals surface area contributed by atoms with E-state index in [1.807, 2.05) is 12.3 Å². The van der Waals surface area contributed by atoms with Crippen LogP contribution in [0, 0.1) is 10.8 Å². The van der Waals surface area contributed by atoms with Crippen LogP contribution in [0.3, 0.4) is 0 Å². The molecule has 1 fully saturated rings. The maximum Gasteiger partial charge on any atom is 0.362 e. The number of hydrogen-bond donors (Lipinski definition) is 4. The molecule has 1 saturated heterocycles. The average Bonchev–Trinajstić information content (AvgIpc) is 2.57. The lowest BCUT2D eigenvalue weighted by Gasteiger charge is -2.38. The van der Waals surface area contributed by atoms with E-state index in [1.165, 1.54) is 4.90 Å². The molecule has 1 aliphatic heterocycles. The van der Waals surface area contributed by atoms with Crippen molar-refractivity contribution in [3.05, 3.63) is 4.91 Å². The number of rotatable bonds is 8. The van der Waals surface area contributed by atoms with Crippen LogP contribution in [0.15, 0.2) is 4.99 Å². The summed E-state index contributed by atoms with van der Waals surface area (Å²) in [7, 11) is 0. The molecule has 1 rings (SSSR count). The number of guanidine groups is 1. The van der Waals surface area contributed by atoms with Gasteiger partial charge in [0.2, 0.25) is 5.91 Å². The predicted molar refractivity (Wildman–Crippen MR) is 92.8 cm³/mol. The number of aliphatic imine (C=N–C) groups is 1. The first kappa shape index (κ1) is 21.6. The quantitative estimate of drug-likeness (QED) is 0.142. The van der Waals surface area contributed by atoms with Crippen molar-refractivity contribution in [2.45, 2.75) is 51.6 Å². The minimum absolute atomic E-state index is 0.228. The molecule has 1 amide bonds. The Kier molecular flexibility index (Phi) is 8.76. The number of likely N-dealkylation sites (tertiary alicyclic amines) is 1. The molecule has 0 bridgehead atoms. The molecule has 0 aliphatic carbocycles. The highest BCUT2D eigenvalue weighted by atomic mass is 16.7. The standard InChI is InChI=1S/C15H29N6O5/c1-3-26-14(23)12-9-10(2)6-8-20(12)13(22)11(16)5-4-7-18-15(17)19-21(24)25/h10-12H,3-9,16H2,1-2H3,(H,24,25)(H3,17,18,19)/q+1/t10-,11+,12-/m1/s1. The van der Waals surface area contributed by atoms with Crippen LogP contribution in [-0.2, 0) is 14.3 Å². The molecule has 11 heteroatoms. The van der Waals surface area contributed by atoms with Gasteiger partial charge in [-0.1, -0.05) is 6.92 Å². The molecular formula is C15H29N6O5+. The lowest BCUT2D eigenvalue weighted by Crippen LogP contribution is -2.55. The van der Waals surface area contributed by atoms with Crippen LogP contribution in [-0.4, -0.2) is 64.8 Å². The average molecular weight is 373 g/mol. The zero-order valence-electron chi connectivity index (χ0n) is 15.3. The molecule has 0 aromatic rings. The summed E-state index contributed by atoms with van der Waals surface area (Å²) in [6, 6.07) is -1.36. The Hall–Kier alpha value is -2.43. The van der Waals surface area contributed by atoms with Gasteiger partial charge in [-0.3, -0.25) is 4.79 Å². The summed E-state index contributed by atoms with van der Waals surface area (Å²) in [5.41, 5.74) is 13.2. The Balaban J connectivity index is 2.56. The number of carbonyl (C=O) groups excluding carboxylic acids is 2. The van der Waals surface area contributed by atoms with Crippen LogP contribution in [0.25, 0.3) is 0 Å². The predicted octanol–water partition coefficient (Wildman–Crippen LogP) is -0.728. The van der Waals surface area contributed by atoms with Crippen molar-refractivity contribution < 1.29 is 24.6 Å². The third-order valence-corrected chi connectivity index (χ3v) is 4.19. The molecule has 0 radical (unpaired) electrons. The monoisotopic (exact) mass is 373 g/mol. The summed E-state index contributed by atoms with van der Waals surface area (Å²) in [5.74, 6) is -0.586. The third-order valence-electron chi connectivity index (χ3n) is 4.19. The van der Waals surface area contributed by atoms with Gasteiger partial charge in [0.15, 0.2) is 0 Å². The Bertz CT molecular complexity index is 541. The molecule has 6 N–H and O–H groups in total. The fourth-order valence-electron chi connectivity index (χ4n) is 2.85. The Morgan fingerprint density at radius 2 is 2.19 bits per heavy atom. The zero-order chi connectivity index (χ0) is 19.7. The maximum atomic E-state index is 12.6. The molecule has 0 aromatic heterocycles. The molecule has 0 unspecified atom stereocenters. The Morgan fingerprint density at radius 3 is 2.81 bits per heavy atom. The van der Waals surface area contributed by atoms with Crippen LogP contribution >= 0.6 is 0 Å². The molecule has 11 nitrogen and oxygen atoms in total. The fourth-order valence-corrected chi connectivity index (χ4v) is 2.85. The molecule has 148 valence electrons. The number of nitrogens with two attached hydrogens (primary N) is 2. The van der Waals surface area contributed by atoms with Gasteiger partial charge in [0.25, 0.3) is 5.96 Å². The van der Waals surface area contributed by atoms with E-state index in [1.54, 1.807) is 6.92 Å². The lowest BCUT2D eigenvalue weighted by atomic mass is 9.91. The number of ether oxygens (including phenoxy) is 1. The number of nitrogens with zero attached hydrogens (tertiary/aromatic N) is 3. The van der Waals surface area contributed by atoms with Gasteiger partial charge in [0, 0.05) is 13.1 Å². The topological polar surface area (TPSA) is 163 Å². The van der Waals surface area contributed by atoms with Crippen molar-refractivity contribution in [2.75, 3.05) is 19.7 Å². The largest absolute Gasteiger partial charge is 0.464 e. The summed E-state index contributed by atoms with van der Waals surface area (Å²) >= 11 is 0. The molecule has 0 spiro atoms. The highest BCUT2D eigenvalue weighted by Crippen LogP contribution is 2.24. The Labute approximate surface area is 152 Å². The lowest BCUT2D eigenvalue weighted by molar-refractivity contribution is -0.822. The maximum absolute atomic E-state index is 12.6. The number of esters is 1. The van der Waals surface area contributed by atoms with Gasteiger partial charge in [-0.2, -0.15) is 0 Å². The minimum atomic E-state index is -0.765. The van der Waals surface area contributed by atoms with E-state index in [4.69, 9.17) is 21.4 Å². The first-order chi connectivity index (χ1) is 12.3. The first-order valence-corrected chi connectivity index (χ1v) is 8.71. The number of hydrazine groups is 1. The van der Waals surface area contributed by atoms with E-state index in [9.17, 15) is 14.5 Å². The Morgan fingerprint density at radius 1 is 1.50 bits per heavy atom. The molecule has 1 heterocycles. The van der Waals surface area contributed by atoms with E-state index in [0.717, 1.165) is 6.42 Å². The number of hydrogen-bond acceptors (Lipinski definition) is 6. The van der Waals surface area contributed by atoms with Gasteiger partial charge in [0.05, 0.1) is 12.6 Å². The smallest absolute Gasteiger partial charge is 0.362 e. The van der Waals surface area contributed by atoms with E-state index < -0.39 is 23.1 Å². The second-order valence-electron chi connectivity index (χ2n) is 6.33. The van der Waals surface area contributed by atoms with Crippen LogP contribution in [0.1, 0.15) is 39.5 Å². The van der Waals surface area contributed by atoms with Crippen molar-refractivity contribution in [3.8, 4) is 0 Å². The van der Waals surface area contributed by atoms with Crippen molar-refractivity contribution in [1.29, 1.82) is 0 Å². The molecule has 26 heavy (non-hydrogen) atoms. The molecular weight excluding hydrogens is 344 g/mol. The van der Waals surface area contributed by atoms with E-state index >= 15 is 0 Å². The highest BCUT2D eigenvalue weighted by molar-refractivity contribution is 5.87. The number of nitrogens with one attached hydrogen (secondary N) is 1. The number of carbonyl (C=O) groups is 2. The van der Waals surface area contributed by atoms with Crippen molar-refractivity contribution in [3.63, 3.8) is 0 Å². The number of piperidine rings is 1. The normalized spacial score (nSPS) is 21.8. The van der Waals surface area contributed by atoms with E-state index in [0.29, 0.717) is 31.7 Å². The summed E-state index contributed by atoms with van der Waals surface area (Å²) in [6.45, 7) is 4.74. The van der Waals surface area contributed by atoms with Crippen molar-refractivity contribution in [1.82, 2.24) is 10.3 Å².